The number of hydrogen-bond donors (Lipinski definition) is 2. The average molecular weight is 460 g/mol. The molecule has 2 aromatic rings. The van der Waals surface area contributed by atoms with E-state index in [1.807, 2.05) is 0 Å². The third kappa shape index (κ3) is 5.32. The van der Waals surface area contributed by atoms with Crippen LogP contribution < -0.4 is 10.6 Å². The highest BCUT2D eigenvalue weighted by Crippen LogP contribution is 2.25. The summed E-state index contributed by atoms with van der Waals surface area (Å²) >= 11 is 23.7. The Morgan fingerprint density at radius 1 is 0.643 bits per heavy atom. The number of nitrogens with one attached hydrogen (secondary N) is 2. The van der Waals surface area contributed by atoms with Crippen molar-refractivity contribution >= 4 is 58.2 Å². The Bertz CT molecular complexity index is 822. The van der Waals surface area contributed by atoms with Gasteiger partial charge in [-0.15, -0.1) is 0 Å². The minimum Gasteiger partial charge on any atom is -0.349 e. The Balaban J connectivity index is 1.50. The maximum atomic E-state index is 12.4. The zero-order valence-electron chi connectivity index (χ0n) is 14.8. The summed E-state index contributed by atoms with van der Waals surface area (Å²) in [4.78, 5) is 24.7. The lowest BCUT2D eigenvalue weighted by molar-refractivity contribution is 0.0892. The van der Waals surface area contributed by atoms with Crippen LogP contribution in [0.2, 0.25) is 20.1 Å². The SMILES string of the molecule is O=C(NC1CCC(NC(=O)c2ccc(Cl)c(Cl)c2)CC1)c1ccc(Cl)c(Cl)c1. The molecule has 0 aromatic heterocycles. The molecular formula is C20H18Cl4N2O2. The Labute approximate surface area is 183 Å². The van der Waals surface area contributed by atoms with Crippen LogP contribution in [0.25, 0.3) is 0 Å². The van der Waals surface area contributed by atoms with Crippen molar-refractivity contribution in [3.05, 3.63) is 67.6 Å². The monoisotopic (exact) mass is 458 g/mol. The molecule has 0 heterocycles. The summed E-state index contributed by atoms with van der Waals surface area (Å²) < 4.78 is 0. The van der Waals surface area contributed by atoms with E-state index in [1.165, 1.54) is 0 Å². The lowest BCUT2D eigenvalue weighted by Gasteiger charge is -2.29. The van der Waals surface area contributed by atoms with E-state index in [0.29, 0.717) is 31.2 Å². The van der Waals surface area contributed by atoms with Gasteiger partial charge in [-0.05, 0) is 62.1 Å². The molecule has 0 spiro atoms. The summed E-state index contributed by atoms with van der Waals surface area (Å²) in [6.07, 6.45) is 3.11. The van der Waals surface area contributed by atoms with E-state index in [9.17, 15) is 9.59 Å². The molecule has 2 aromatic carbocycles. The first-order chi connectivity index (χ1) is 13.3. The van der Waals surface area contributed by atoms with Crippen molar-refractivity contribution in [2.24, 2.45) is 0 Å². The predicted octanol–water partition coefficient (Wildman–Crippen LogP) is 5.77. The van der Waals surface area contributed by atoms with Crippen LogP contribution in [-0.4, -0.2) is 23.9 Å². The van der Waals surface area contributed by atoms with Gasteiger partial charge < -0.3 is 10.6 Å². The van der Waals surface area contributed by atoms with E-state index >= 15 is 0 Å². The van der Waals surface area contributed by atoms with Crippen LogP contribution in [0, 0.1) is 0 Å². The maximum Gasteiger partial charge on any atom is 0.251 e. The Morgan fingerprint density at radius 2 is 1.00 bits per heavy atom. The lowest BCUT2D eigenvalue weighted by Crippen LogP contribution is -2.43. The summed E-state index contributed by atoms with van der Waals surface area (Å²) in [7, 11) is 0. The molecule has 0 radical (unpaired) electrons. The number of amides is 2. The van der Waals surface area contributed by atoms with Gasteiger partial charge in [0.05, 0.1) is 20.1 Å². The molecule has 8 heteroatoms. The summed E-state index contributed by atoms with van der Waals surface area (Å²) in [5.74, 6) is -0.358. The fourth-order valence-electron chi connectivity index (χ4n) is 3.19. The smallest absolute Gasteiger partial charge is 0.251 e. The van der Waals surface area contributed by atoms with Crippen LogP contribution in [0.4, 0.5) is 0 Å². The minimum atomic E-state index is -0.179. The third-order valence-corrected chi connectivity index (χ3v) is 6.24. The molecule has 1 aliphatic carbocycles. The number of carbonyl (C=O) groups is 2. The minimum absolute atomic E-state index is 0.0556. The summed E-state index contributed by atoms with van der Waals surface area (Å²) in [6.45, 7) is 0. The molecule has 0 atom stereocenters. The van der Waals surface area contributed by atoms with Gasteiger partial charge >= 0.3 is 0 Å². The highest BCUT2D eigenvalue weighted by atomic mass is 35.5. The molecular weight excluding hydrogens is 442 g/mol. The van der Waals surface area contributed by atoms with Crippen LogP contribution in [-0.2, 0) is 0 Å². The number of rotatable bonds is 4. The van der Waals surface area contributed by atoms with E-state index < -0.39 is 0 Å². The molecule has 1 fully saturated rings. The lowest BCUT2D eigenvalue weighted by atomic mass is 9.90. The van der Waals surface area contributed by atoms with Crippen LogP contribution in [0.1, 0.15) is 46.4 Å². The third-order valence-electron chi connectivity index (χ3n) is 4.76. The second-order valence-corrected chi connectivity index (χ2v) is 8.38. The van der Waals surface area contributed by atoms with Crippen molar-refractivity contribution in [1.82, 2.24) is 10.6 Å². The highest BCUT2D eigenvalue weighted by molar-refractivity contribution is 6.42. The van der Waals surface area contributed by atoms with E-state index in [4.69, 9.17) is 46.4 Å². The summed E-state index contributed by atoms with van der Waals surface area (Å²) in [5, 5.41) is 7.56. The largest absolute Gasteiger partial charge is 0.349 e. The molecule has 0 bridgehead atoms. The van der Waals surface area contributed by atoms with Gasteiger partial charge in [-0.1, -0.05) is 46.4 Å². The molecule has 2 amide bonds. The summed E-state index contributed by atoms with van der Waals surface area (Å²) in [6, 6.07) is 9.73. The zero-order valence-corrected chi connectivity index (χ0v) is 17.8. The molecule has 148 valence electrons. The average Bonchev–Trinajstić information content (AvgIpc) is 2.67. The van der Waals surface area contributed by atoms with Crippen molar-refractivity contribution in [1.29, 1.82) is 0 Å². The molecule has 0 unspecified atom stereocenters. The van der Waals surface area contributed by atoms with Crippen molar-refractivity contribution in [3.8, 4) is 0 Å². The number of halogens is 4. The second kappa shape index (κ2) is 9.36. The van der Waals surface area contributed by atoms with E-state index in [2.05, 4.69) is 10.6 Å². The van der Waals surface area contributed by atoms with Crippen molar-refractivity contribution in [2.45, 2.75) is 37.8 Å². The zero-order chi connectivity index (χ0) is 20.3. The number of benzene rings is 2. The van der Waals surface area contributed by atoms with Crippen molar-refractivity contribution in [2.75, 3.05) is 0 Å². The first-order valence-electron chi connectivity index (χ1n) is 8.85. The number of hydrogen-bond acceptors (Lipinski definition) is 2. The molecule has 1 saturated carbocycles. The van der Waals surface area contributed by atoms with Gasteiger partial charge in [0.25, 0.3) is 11.8 Å². The second-order valence-electron chi connectivity index (χ2n) is 6.75. The fraction of sp³-hybridized carbons (Fsp3) is 0.300. The maximum absolute atomic E-state index is 12.4. The molecule has 28 heavy (non-hydrogen) atoms. The van der Waals surface area contributed by atoms with E-state index in [1.54, 1.807) is 36.4 Å². The molecule has 1 aliphatic rings. The predicted molar refractivity (Wildman–Crippen MR) is 114 cm³/mol. The van der Waals surface area contributed by atoms with Crippen LogP contribution >= 0.6 is 46.4 Å². The Hall–Kier alpha value is -1.46. The topological polar surface area (TPSA) is 58.2 Å². The standard InChI is InChI=1S/C20H18Cl4N2O2/c21-15-7-1-11(9-17(15)23)19(27)25-13-3-5-14(6-4-13)26-20(28)12-2-8-16(22)18(24)10-12/h1-2,7-10,13-14H,3-6H2,(H,25,27)(H,26,28). The quantitative estimate of drug-likeness (QED) is 0.609. The molecule has 4 nitrogen and oxygen atoms in total. The van der Waals surface area contributed by atoms with Gasteiger partial charge in [-0.3, -0.25) is 9.59 Å². The van der Waals surface area contributed by atoms with Gasteiger partial charge in [-0.2, -0.15) is 0 Å². The first kappa shape index (κ1) is 21.3. The Kier molecular flexibility index (Phi) is 7.10. The van der Waals surface area contributed by atoms with Crippen LogP contribution in [0.15, 0.2) is 36.4 Å². The first-order valence-corrected chi connectivity index (χ1v) is 10.4. The van der Waals surface area contributed by atoms with Crippen LogP contribution in [0.5, 0.6) is 0 Å². The molecule has 0 aliphatic heterocycles. The van der Waals surface area contributed by atoms with Crippen molar-refractivity contribution in [3.63, 3.8) is 0 Å². The van der Waals surface area contributed by atoms with E-state index in [0.717, 1.165) is 25.7 Å². The van der Waals surface area contributed by atoms with E-state index in [-0.39, 0.29) is 23.9 Å². The van der Waals surface area contributed by atoms with Gasteiger partial charge in [0.15, 0.2) is 0 Å². The highest BCUT2D eigenvalue weighted by Gasteiger charge is 2.24. The van der Waals surface area contributed by atoms with Gasteiger partial charge in [0.1, 0.15) is 0 Å². The van der Waals surface area contributed by atoms with Crippen LogP contribution in [0.3, 0.4) is 0 Å². The van der Waals surface area contributed by atoms with Gasteiger partial charge in [-0.25, -0.2) is 0 Å². The summed E-state index contributed by atoms with van der Waals surface area (Å²) in [5.41, 5.74) is 0.953. The fourth-order valence-corrected chi connectivity index (χ4v) is 3.79. The normalized spacial score (nSPS) is 19.1. The Morgan fingerprint density at radius 3 is 1.32 bits per heavy atom. The molecule has 2 N–H and O–H groups in total. The van der Waals surface area contributed by atoms with Gasteiger partial charge in [0.2, 0.25) is 0 Å². The molecule has 0 saturated heterocycles. The number of carbonyl (C=O) groups excluding carboxylic acids is 2. The molecule has 3 rings (SSSR count). The van der Waals surface area contributed by atoms with Crippen molar-refractivity contribution < 1.29 is 9.59 Å². The van der Waals surface area contributed by atoms with Gasteiger partial charge in [0, 0.05) is 23.2 Å².